The van der Waals surface area contributed by atoms with Crippen LogP contribution in [0.2, 0.25) is 0 Å². The van der Waals surface area contributed by atoms with Crippen molar-refractivity contribution in [1.29, 1.82) is 0 Å². The SMILES string of the molecule is OCC1CCCN(CCCOCC(F)(F)F)C1. The predicted molar refractivity (Wildman–Crippen MR) is 57.7 cm³/mol. The second kappa shape index (κ2) is 7.18. The van der Waals surface area contributed by atoms with Gasteiger partial charge in [0.15, 0.2) is 0 Å². The summed E-state index contributed by atoms with van der Waals surface area (Å²) in [4.78, 5) is 2.18. The minimum absolute atomic E-state index is 0.139. The molecule has 0 aromatic rings. The summed E-state index contributed by atoms with van der Waals surface area (Å²) in [6, 6.07) is 0. The maximum Gasteiger partial charge on any atom is 0.411 e. The Bertz CT molecular complexity index is 211. The maximum absolute atomic E-state index is 11.8. The highest BCUT2D eigenvalue weighted by Gasteiger charge is 2.27. The zero-order valence-electron chi connectivity index (χ0n) is 9.88. The lowest BCUT2D eigenvalue weighted by Crippen LogP contribution is -2.37. The van der Waals surface area contributed by atoms with Gasteiger partial charge in [-0.1, -0.05) is 0 Å². The first-order valence-electron chi connectivity index (χ1n) is 5.99. The summed E-state index contributed by atoms with van der Waals surface area (Å²) in [6.07, 6.45) is -1.53. The molecule has 1 saturated heterocycles. The van der Waals surface area contributed by atoms with E-state index in [1.54, 1.807) is 0 Å². The quantitative estimate of drug-likeness (QED) is 0.733. The molecule has 1 fully saturated rings. The Morgan fingerprint density at radius 1 is 1.35 bits per heavy atom. The molecule has 1 N–H and O–H groups in total. The van der Waals surface area contributed by atoms with Gasteiger partial charge in [0, 0.05) is 26.3 Å². The number of aliphatic hydroxyl groups excluding tert-OH is 1. The van der Waals surface area contributed by atoms with Crippen LogP contribution in [0.25, 0.3) is 0 Å². The van der Waals surface area contributed by atoms with Gasteiger partial charge < -0.3 is 14.7 Å². The summed E-state index contributed by atoms with van der Waals surface area (Å²) in [7, 11) is 0. The number of aliphatic hydroxyl groups is 1. The molecule has 3 nitrogen and oxygen atoms in total. The van der Waals surface area contributed by atoms with Crippen LogP contribution < -0.4 is 0 Å². The van der Waals surface area contributed by atoms with Gasteiger partial charge in [-0.15, -0.1) is 0 Å². The number of nitrogens with zero attached hydrogens (tertiary/aromatic N) is 1. The van der Waals surface area contributed by atoms with Gasteiger partial charge in [0.25, 0.3) is 0 Å². The summed E-state index contributed by atoms with van der Waals surface area (Å²) >= 11 is 0. The molecule has 0 radical (unpaired) electrons. The van der Waals surface area contributed by atoms with Crippen molar-refractivity contribution < 1.29 is 23.0 Å². The van der Waals surface area contributed by atoms with E-state index in [9.17, 15) is 13.2 Å². The van der Waals surface area contributed by atoms with Crippen molar-refractivity contribution in [2.75, 3.05) is 39.5 Å². The van der Waals surface area contributed by atoms with E-state index >= 15 is 0 Å². The van der Waals surface area contributed by atoms with Crippen molar-refractivity contribution >= 4 is 0 Å². The zero-order chi connectivity index (χ0) is 12.7. The lowest BCUT2D eigenvalue weighted by Gasteiger charge is -2.31. The van der Waals surface area contributed by atoms with Crippen LogP contribution in [0.4, 0.5) is 13.2 Å². The minimum Gasteiger partial charge on any atom is -0.396 e. The number of likely N-dealkylation sites (tertiary alicyclic amines) is 1. The lowest BCUT2D eigenvalue weighted by molar-refractivity contribution is -0.174. The number of hydrogen-bond donors (Lipinski definition) is 1. The molecule has 0 aromatic carbocycles. The first kappa shape index (κ1) is 14.7. The Morgan fingerprint density at radius 3 is 2.76 bits per heavy atom. The molecule has 17 heavy (non-hydrogen) atoms. The van der Waals surface area contributed by atoms with Gasteiger partial charge in [-0.2, -0.15) is 13.2 Å². The van der Waals surface area contributed by atoms with Crippen LogP contribution in [0.5, 0.6) is 0 Å². The summed E-state index contributed by atoms with van der Waals surface area (Å²) < 4.78 is 39.9. The molecule has 1 atom stereocenters. The Kier molecular flexibility index (Phi) is 6.22. The van der Waals surface area contributed by atoms with Gasteiger partial charge in [0.2, 0.25) is 0 Å². The van der Waals surface area contributed by atoms with Crippen LogP contribution in [0.1, 0.15) is 19.3 Å². The fourth-order valence-corrected chi connectivity index (χ4v) is 2.08. The molecule has 1 rings (SSSR count). The third-order valence-corrected chi connectivity index (χ3v) is 2.89. The van der Waals surface area contributed by atoms with Crippen molar-refractivity contribution in [3.8, 4) is 0 Å². The van der Waals surface area contributed by atoms with Gasteiger partial charge >= 0.3 is 6.18 Å². The Morgan fingerprint density at radius 2 is 2.12 bits per heavy atom. The van der Waals surface area contributed by atoms with Gasteiger partial charge in [0.05, 0.1) is 0 Å². The Balaban J connectivity index is 2.02. The highest BCUT2D eigenvalue weighted by Crippen LogP contribution is 2.16. The van der Waals surface area contributed by atoms with Crippen LogP contribution in [-0.4, -0.2) is 55.6 Å². The Labute approximate surface area is 99.5 Å². The van der Waals surface area contributed by atoms with Crippen LogP contribution in [0.15, 0.2) is 0 Å². The van der Waals surface area contributed by atoms with E-state index in [2.05, 4.69) is 9.64 Å². The van der Waals surface area contributed by atoms with E-state index in [1.807, 2.05) is 0 Å². The Hall–Kier alpha value is -0.330. The molecule has 0 bridgehead atoms. The number of piperidine rings is 1. The van der Waals surface area contributed by atoms with Crippen molar-refractivity contribution in [3.63, 3.8) is 0 Å². The molecule has 6 heteroatoms. The lowest BCUT2D eigenvalue weighted by atomic mass is 9.99. The summed E-state index contributed by atoms with van der Waals surface area (Å²) in [6.45, 7) is 1.73. The van der Waals surface area contributed by atoms with E-state index in [1.165, 1.54) is 0 Å². The molecule has 1 heterocycles. The minimum atomic E-state index is -4.23. The van der Waals surface area contributed by atoms with Crippen molar-refractivity contribution in [2.45, 2.75) is 25.4 Å². The monoisotopic (exact) mass is 255 g/mol. The molecular formula is C11H20F3NO2. The third-order valence-electron chi connectivity index (χ3n) is 2.89. The molecule has 0 saturated carbocycles. The fraction of sp³-hybridized carbons (Fsp3) is 1.00. The third kappa shape index (κ3) is 6.85. The van der Waals surface area contributed by atoms with Gasteiger partial charge in [-0.05, 0) is 31.7 Å². The number of hydrogen-bond acceptors (Lipinski definition) is 3. The highest BCUT2D eigenvalue weighted by molar-refractivity contribution is 4.72. The smallest absolute Gasteiger partial charge is 0.396 e. The molecular weight excluding hydrogens is 235 g/mol. The van der Waals surface area contributed by atoms with Crippen LogP contribution in [0, 0.1) is 5.92 Å². The molecule has 1 aliphatic rings. The van der Waals surface area contributed by atoms with Gasteiger partial charge in [-0.25, -0.2) is 0 Å². The summed E-state index contributed by atoms with van der Waals surface area (Å²) in [5, 5.41) is 9.03. The fourth-order valence-electron chi connectivity index (χ4n) is 2.08. The van der Waals surface area contributed by atoms with E-state index in [0.29, 0.717) is 12.3 Å². The molecule has 1 unspecified atom stereocenters. The van der Waals surface area contributed by atoms with E-state index in [0.717, 1.165) is 32.5 Å². The number of halogens is 3. The number of alkyl halides is 3. The molecule has 0 spiro atoms. The van der Waals surface area contributed by atoms with E-state index < -0.39 is 12.8 Å². The second-order valence-electron chi connectivity index (χ2n) is 4.51. The predicted octanol–water partition coefficient (Wildman–Crippen LogP) is 1.66. The topological polar surface area (TPSA) is 32.7 Å². The first-order valence-corrected chi connectivity index (χ1v) is 5.99. The van der Waals surface area contributed by atoms with E-state index in [-0.39, 0.29) is 13.2 Å². The second-order valence-corrected chi connectivity index (χ2v) is 4.51. The van der Waals surface area contributed by atoms with Gasteiger partial charge in [-0.3, -0.25) is 0 Å². The van der Waals surface area contributed by atoms with Crippen molar-refractivity contribution in [3.05, 3.63) is 0 Å². The van der Waals surface area contributed by atoms with Crippen LogP contribution in [0.3, 0.4) is 0 Å². The summed E-state index contributed by atoms with van der Waals surface area (Å²) in [5.74, 6) is 0.319. The molecule has 0 aliphatic carbocycles. The van der Waals surface area contributed by atoms with Gasteiger partial charge in [0.1, 0.15) is 6.61 Å². The average Bonchev–Trinajstić information content (AvgIpc) is 2.27. The zero-order valence-corrected chi connectivity index (χ0v) is 9.88. The standard InChI is InChI=1S/C11H20F3NO2/c12-11(13,14)9-17-6-2-5-15-4-1-3-10(7-15)8-16/h10,16H,1-9H2. The van der Waals surface area contributed by atoms with Crippen LogP contribution in [-0.2, 0) is 4.74 Å². The molecule has 0 aromatic heterocycles. The number of ether oxygens (including phenoxy) is 1. The first-order chi connectivity index (χ1) is 8.01. The van der Waals surface area contributed by atoms with E-state index in [4.69, 9.17) is 5.11 Å². The molecule has 1 aliphatic heterocycles. The maximum atomic E-state index is 11.8. The normalized spacial score (nSPS) is 22.9. The summed E-state index contributed by atoms with van der Waals surface area (Å²) in [5.41, 5.74) is 0. The molecule has 0 amide bonds. The largest absolute Gasteiger partial charge is 0.411 e. The van der Waals surface area contributed by atoms with Crippen molar-refractivity contribution in [1.82, 2.24) is 4.90 Å². The number of rotatable bonds is 6. The molecule has 102 valence electrons. The highest BCUT2D eigenvalue weighted by atomic mass is 19.4. The average molecular weight is 255 g/mol. The van der Waals surface area contributed by atoms with Crippen molar-refractivity contribution in [2.24, 2.45) is 5.92 Å². The van der Waals surface area contributed by atoms with Crippen LogP contribution >= 0.6 is 0 Å².